The number of urea groups is 1. The second kappa shape index (κ2) is 13.2. The number of halogens is 2. The molecule has 9 heteroatoms. The molecule has 7 nitrogen and oxygen atoms in total. The molecule has 2 heterocycles. The Kier molecular flexibility index (Phi) is 9.19. The van der Waals surface area contributed by atoms with Gasteiger partial charge in [-0.3, -0.25) is 4.79 Å². The first-order valence-electron chi connectivity index (χ1n) is 13.8. The summed E-state index contributed by atoms with van der Waals surface area (Å²) >= 11 is 5.83. The van der Waals surface area contributed by atoms with Crippen molar-refractivity contribution in [2.24, 2.45) is 5.92 Å². The number of rotatable bonds is 8. The maximum absolute atomic E-state index is 13.5. The third-order valence-electron chi connectivity index (χ3n) is 7.51. The number of anilines is 3. The van der Waals surface area contributed by atoms with Gasteiger partial charge in [-0.05, 0) is 80.0 Å². The zero-order chi connectivity index (χ0) is 27.9. The summed E-state index contributed by atoms with van der Waals surface area (Å²) in [5, 5.41) is 8.36. The van der Waals surface area contributed by atoms with Crippen LogP contribution in [0.25, 0.3) is 0 Å². The number of ether oxygens (including phenoxy) is 1. The van der Waals surface area contributed by atoms with Crippen LogP contribution in [-0.4, -0.2) is 44.3 Å². The molecule has 2 fully saturated rings. The SMILES string of the molecule is O=C(Nc1ccc(F)c(Cl)c1)Nc1ccc(N2CCC(Cc3ccccc3)CC2)c(C(=O)NCC2CCCO2)c1. The van der Waals surface area contributed by atoms with Gasteiger partial charge in [0.1, 0.15) is 5.82 Å². The summed E-state index contributed by atoms with van der Waals surface area (Å²) in [6, 6.07) is 19.4. The maximum atomic E-state index is 13.5. The Hall–Kier alpha value is -3.62. The lowest BCUT2D eigenvalue weighted by molar-refractivity contribution is 0.0858. The van der Waals surface area contributed by atoms with E-state index in [4.69, 9.17) is 16.3 Å². The molecule has 0 spiro atoms. The van der Waals surface area contributed by atoms with Crippen molar-refractivity contribution >= 4 is 40.6 Å². The number of hydrogen-bond donors (Lipinski definition) is 3. The van der Waals surface area contributed by atoms with E-state index in [2.05, 4.69) is 45.1 Å². The lowest BCUT2D eigenvalue weighted by atomic mass is 9.89. The highest BCUT2D eigenvalue weighted by Gasteiger charge is 2.25. The molecule has 1 atom stereocenters. The molecule has 0 radical (unpaired) electrons. The molecule has 2 aliphatic rings. The van der Waals surface area contributed by atoms with Crippen LogP contribution in [0, 0.1) is 11.7 Å². The van der Waals surface area contributed by atoms with Crippen molar-refractivity contribution in [1.29, 1.82) is 0 Å². The number of nitrogens with zero attached hydrogens (tertiary/aromatic N) is 1. The molecular formula is C31H34ClFN4O3. The Morgan fingerprint density at radius 3 is 2.38 bits per heavy atom. The smallest absolute Gasteiger partial charge is 0.323 e. The van der Waals surface area contributed by atoms with Gasteiger partial charge in [0.25, 0.3) is 5.91 Å². The van der Waals surface area contributed by atoms with Crippen molar-refractivity contribution in [2.75, 3.05) is 41.8 Å². The third-order valence-corrected chi connectivity index (χ3v) is 7.80. The molecule has 3 aromatic rings. The van der Waals surface area contributed by atoms with E-state index in [1.165, 1.54) is 23.8 Å². The van der Waals surface area contributed by atoms with E-state index in [0.717, 1.165) is 57.5 Å². The number of hydrogen-bond acceptors (Lipinski definition) is 4. The van der Waals surface area contributed by atoms with E-state index >= 15 is 0 Å². The zero-order valence-corrected chi connectivity index (χ0v) is 23.1. The fourth-order valence-electron chi connectivity index (χ4n) is 5.37. The van der Waals surface area contributed by atoms with Crippen LogP contribution in [0.15, 0.2) is 66.7 Å². The number of carbonyl (C=O) groups excluding carboxylic acids is 2. The van der Waals surface area contributed by atoms with Crippen molar-refractivity contribution in [3.05, 3.63) is 88.7 Å². The van der Waals surface area contributed by atoms with Crippen LogP contribution in [-0.2, 0) is 11.2 Å². The molecule has 0 aliphatic carbocycles. The summed E-state index contributed by atoms with van der Waals surface area (Å²) < 4.78 is 19.1. The quantitative estimate of drug-likeness (QED) is 0.292. The first-order chi connectivity index (χ1) is 19.4. The Balaban J connectivity index is 1.28. The average Bonchev–Trinajstić information content (AvgIpc) is 3.49. The van der Waals surface area contributed by atoms with Crippen LogP contribution in [0.1, 0.15) is 41.6 Å². The molecule has 2 saturated heterocycles. The van der Waals surface area contributed by atoms with Gasteiger partial charge < -0.3 is 25.6 Å². The molecule has 3 amide bonds. The number of carbonyl (C=O) groups is 2. The van der Waals surface area contributed by atoms with Crippen LogP contribution in [0.3, 0.4) is 0 Å². The molecule has 0 aromatic heterocycles. The first kappa shape index (κ1) is 27.9. The number of nitrogens with one attached hydrogen (secondary N) is 3. The summed E-state index contributed by atoms with van der Waals surface area (Å²) in [5.41, 5.74) is 3.53. The summed E-state index contributed by atoms with van der Waals surface area (Å²) in [6.45, 7) is 2.86. The van der Waals surface area contributed by atoms with E-state index in [1.54, 1.807) is 12.1 Å². The normalized spacial score (nSPS) is 17.4. The Morgan fingerprint density at radius 1 is 0.950 bits per heavy atom. The highest BCUT2D eigenvalue weighted by atomic mass is 35.5. The Labute approximate surface area is 239 Å². The predicted molar refractivity (Wildman–Crippen MR) is 157 cm³/mol. The fourth-order valence-corrected chi connectivity index (χ4v) is 5.55. The van der Waals surface area contributed by atoms with Crippen molar-refractivity contribution in [3.63, 3.8) is 0 Å². The molecule has 2 aliphatic heterocycles. The number of amides is 3. The van der Waals surface area contributed by atoms with Gasteiger partial charge in [-0.15, -0.1) is 0 Å². The van der Waals surface area contributed by atoms with Gasteiger partial charge in [-0.1, -0.05) is 41.9 Å². The lowest BCUT2D eigenvalue weighted by Gasteiger charge is -2.35. The van der Waals surface area contributed by atoms with Gasteiger partial charge in [-0.2, -0.15) is 0 Å². The van der Waals surface area contributed by atoms with Crippen LogP contribution in [0.5, 0.6) is 0 Å². The van der Waals surface area contributed by atoms with E-state index in [1.807, 2.05) is 12.1 Å². The van der Waals surface area contributed by atoms with Crippen LogP contribution in [0.2, 0.25) is 5.02 Å². The summed E-state index contributed by atoms with van der Waals surface area (Å²) in [7, 11) is 0. The summed E-state index contributed by atoms with van der Waals surface area (Å²) in [6.07, 6.45) is 5.08. The van der Waals surface area contributed by atoms with Gasteiger partial charge in [0.05, 0.1) is 16.7 Å². The number of piperidine rings is 1. The molecule has 40 heavy (non-hydrogen) atoms. The summed E-state index contributed by atoms with van der Waals surface area (Å²) in [4.78, 5) is 28.3. The van der Waals surface area contributed by atoms with Crippen molar-refractivity contribution in [1.82, 2.24) is 5.32 Å². The van der Waals surface area contributed by atoms with Crippen LogP contribution < -0.4 is 20.9 Å². The van der Waals surface area contributed by atoms with E-state index in [-0.39, 0.29) is 17.0 Å². The average molecular weight is 565 g/mol. The third kappa shape index (κ3) is 7.31. The predicted octanol–water partition coefficient (Wildman–Crippen LogP) is 6.49. The second-order valence-corrected chi connectivity index (χ2v) is 10.8. The fraction of sp³-hybridized carbons (Fsp3) is 0.355. The van der Waals surface area contributed by atoms with E-state index in [9.17, 15) is 14.0 Å². The minimum atomic E-state index is -0.564. The standard InChI is InChI=1S/C31H34ClFN4O3/c32-27-19-24(8-10-28(27)33)36-31(39)35-23-9-11-29(26(18-23)30(38)34-20-25-7-4-16-40-25)37-14-12-22(13-15-37)17-21-5-2-1-3-6-21/h1-3,5-6,8-11,18-19,22,25H,4,7,12-17,20H2,(H,34,38)(H2,35,36,39). The summed E-state index contributed by atoms with van der Waals surface area (Å²) in [5.74, 6) is -0.169. The molecular weight excluding hydrogens is 531 g/mol. The molecule has 0 saturated carbocycles. The molecule has 5 rings (SSSR count). The van der Waals surface area contributed by atoms with Crippen LogP contribution >= 0.6 is 11.6 Å². The Morgan fingerprint density at radius 2 is 1.68 bits per heavy atom. The van der Waals surface area contributed by atoms with E-state index < -0.39 is 11.8 Å². The second-order valence-electron chi connectivity index (χ2n) is 10.4. The number of benzene rings is 3. The van der Waals surface area contributed by atoms with Gasteiger partial charge in [0.2, 0.25) is 0 Å². The maximum Gasteiger partial charge on any atom is 0.323 e. The topological polar surface area (TPSA) is 82.7 Å². The lowest BCUT2D eigenvalue weighted by Crippen LogP contribution is -2.37. The van der Waals surface area contributed by atoms with Crippen molar-refractivity contribution < 1.29 is 18.7 Å². The molecule has 0 bridgehead atoms. The van der Waals surface area contributed by atoms with Gasteiger partial charge in [-0.25, -0.2) is 9.18 Å². The minimum Gasteiger partial charge on any atom is -0.376 e. The van der Waals surface area contributed by atoms with Crippen molar-refractivity contribution in [2.45, 2.75) is 38.2 Å². The molecule has 1 unspecified atom stereocenters. The van der Waals surface area contributed by atoms with Gasteiger partial charge in [0.15, 0.2) is 0 Å². The van der Waals surface area contributed by atoms with Crippen LogP contribution in [0.4, 0.5) is 26.2 Å². The highest BCUT2D eigenvalue weighted by molar-refractivity contribution is 6.31. The first-order valence-corrected chi connectivity index (χ1v) is 14.2. The zero-order valence-electron chi connectivity index (χ0n) is 22.3. The largest absolute Gasteiger partial charge is 0.376 e. The molecule has 3 aromatic carbocycles. The van der Waals surface area contributed by atoms with Gasteiger partial charge >= 0.3 is 6.03 Å². The highest BCUT2D eigenvalue weighted by Crippen LogP contribution is 2.30. The molecule has 3 N–H and O–H groups in total. The van der Waals surface area contributed by atoms with Gasteiger partial charge in [0, 0.05) is 43.3 Å². The van der Waals surface area contributed by atoms with Crippen molar-refractivity contribution in [3.8, 4) is 0 Å². The molecule has 210 valence electrons. The Bertz CT molecular complexity index is 1330. The minimum absolute atomic E-state index is 0.0238. The van der Waals surface area contributed by atoms with E-state index in [0.29, 0.717) is 29.4 Å². The monoisotopic (exact) mass is 564 g/mol.